The fourth-order valence-electron chi connectivity index (χ4n) is 7.40. The Morgan fingerprint density at radius 1 is 0.408 bits per heavy atom. The van der Waals surface area contributed by atoms with E-state index in [-0.39, 0.29) is 23.0 Å². The predicted octanol–water partition coefficient (Wildman–Crippen LogP) is 9.54. The Morgan fingerprint density at radius 2 is 0.776 bits per heavy atom. The molecule has 0 atom stereocenters. The average molecular weight is 637 g/mol. The highest BCUT2D eigenvalue weighted by Crippen LogP contribution is 2.55. The number of aliphatic imine (C=N–C) groups is 2. The van der Waals surface area contributed by atoms with Gasteiger partial charge in [0.1, 0.15) is 0 Å². The summed E-state index contributed by atoms with van der Waals surface area (Å²) in [6.45, 7) is 0. The van der Waals surface area contributed by atoms with Crippen molar-refractivity contribution in [2.75, 3.05) is 0 Å². The minimum Gasteiger partial charge on any atom is -0.504 e. The van der Waals surface area contributed by atoms with E-state index < -0.39 is 5.66 Å². The van der Waals surface area contributed by atoms with Crippen molar-refractivity contribution in [1.29, 1.82) is 0 Å². The van der Waals surface area contributed by atoms with Crippen molar-refractivity contribution in [2.45, 2.75) is 5.66 Å². The molecule has 0 unspecified atom stereocenters. The van der Waals surface area contributed by atoms with Crippen molar-refractivity contribution in [1.82, 2.24) is 0 Å². The van der Waals surface area contributed by atoms with Crippen molar-refractivity contribution >= 4 is 55.5 Å². The summed E-state index contributed by atoms with van der Waals surface area (Å²) in [5.41, 5.74) is 2.94. The first-order chi connectivity index (χ1) is 23.9. The van der Waals surface area contributed by atoms with E-state index in [0.29, 0.717) is 21.9 Å². The molecular weight excluding hydrogens is 608 g/mol. The molecule has 0 saturated carbocycles. The van der Waals surface area contributed by atoms with Crippen LogP contribution in [0.15, 0.2) is 143 Å². The van der Waals surface area contributed by atoms with Crippen LogP contribution < -0.4 is 0 Å². The number of phenolic OH excluding ortho intramolecular Hbond substituents is 4. The highest BCUT2D eigenvalue weighted by molar-refractivity contribution is 6.12. The van der Waals surface area contributed by atoms with Gasteiger partial charge in [0.15, 0.2) is 23.0 Å². The molecule has 6 nitrogen and oxygen atoms in total. The number of benzene rings is 8. The quantitative estimate of drug-likeness (QED) is 0.114. The molecule has 0 spiro atoms. The van der Waals surface area contributed by atoms with Gasteiger partial charge in [-0.25, -0.2) is 0 Å². The van der Waals surface area contributed by atoms with Crippen LogP contribution in [0, 0.1) is 0 Å². The standard InChI is InChI=1S/C43H28N2O4/c46-37-21-27-11-3-5-13-29(27)33(41(37)48)23-44-43(45-24-34-30-14-6-4-12-28(30)22-38(47)42(34)49)35-19-17-25-9-1-7-15-31(25)39(35)40-32-16-8-2-10-26(32)18-20-36(40)43/h1-24,46-49H. The predicted molar refractivity (Wildman–Crippen MR) is 197 cm³/mol. The van der Waals surface area contributed by atoms with Crippen molar-refractivity contribution in [2.24, 2.45) is 9.98 Å². The van der Waals surface area contributed by atoms with Gasteiger partial charge in [0.25, 0.3) is 0 Å². The van der Waals surface area contributed by atoms with Crippen molar-refractivity contribution in [3.8, 4) is 34.1 Å². The van der Waals surface area contributed by atoms with Gasteiger partial charge < -0.3 is 20.4 Å². The van der Waals surface area contributed by atoms with Crippen LogP contribution in [-0.4, -0.2) is 32.9 Å². The molecular formula is C43H28N2O4. The third-order valence-corrected chi connectivity index (χ3v) is 9.70. The van der Waals surface area contributed by atoms with E-state index in [1.807, 2.05) is 84.9 Å². The normalized spacial score (nSPS) is 13.6. The molecule has 8 aromatic rings. The van der Waals surface area contributed by atoms with Gasteiger partial charge in [0.2, 0.25) is 5.66 Å². The van der Waals surface area contributed by atoms with Gasteiger partial charge in [-0.2, -0.15) is 0 Å². The second-order valence-electron chi connectivity index (χ2n) is 12.4. The second-order valence-corrected chi connectivity index (χ2v) is 12.4. The fourth-order valence-corrected chi connectivity index (χ4v) is 7.40. The summed E-state index contributed by atoms with van der Waals surface area (Å²) >= 11 is 0. The lowest BCUT2D eigenvalue weighted by Crippen LogP contribution is -2.21. The van der Waals surface area contributed by atoms with Gasteiger partial charge in [-0.15, -0.1) is 0 Å². The van der Waals surface area contributed by atoms with E-state index in [1.165, 1.54) is 12.1 Å². The Bertz CT molecular complexity index is 2540. The van der Waals surface area contributed by atoms with E-state index in [9.17, 15) is 20.4 Å². The Labute approximate surface area is 280 Å². The molecule has 0 saturated heterocycles. The average Bonchev–Trinajstić information content (AvgIpc) is 3.42. The van der Waals surface area contributed by atoms with Crippen LogP contribution in [-0.2, 0) is 5.66 Å². The number of rotatable bonds is 4. The first-order valence-electron chi connectivity index (χ1n) is 16.0. The molecule has 0 aromatic heterocycles. The third kappa shape index (κ3) is 4.21. The topological polar surface area (TPSA) is 106 Å². The van der Waals surface area contributed by atoms with E-state index in [0.717, 1.165) is 54.6 Å². The largest absolute Gasteiger partial charge is 0.504 e. The molecule has 9 rings (SSSR count). The van der Waals surface area contributed by atoms with E-state index in [2.05, 4.69) is 36.4 Å². The smallest absolute Gasteiger partial charge is 0.202 e. The zero-order valence-corrected chi connectivity index (χ0v) is 26.0. The molecule has 0 fully saturated rings. The lowest BCUT2D eigenvalue weighted by Gasteiger charge is -2.24. The summed E-state index contributed by atoms with van der Waals surface area (Å²) < 4.78 is 0. The number of fused-ring (bicyclic) bond motifs is 9. The summed E-state index contributed by atoms with van der Waals surface area (Å²) in [7, 11) is 0. The number of hydrogen-bond acceptors (Lipinski definition) is 6. The van der Waals surface area contributed by atoms with Crippen LogP contribution in [0.1, 0.15) is 22.3 Å². The minimum absolute atomic E-state index is 0.252. The third-order valence-electron chi connectivity index (χ3n) is 9.70. The van der Waals surface area contributed by atoms with Crippen LogP contribution in [0.4, 0.5) is 0 Å². The Balaban J connectivity index is 1.41. The first-order valence-corrected chi connectivity index (χ1v) is 16.0. The molecule has 0 amide bonds. The lowest BCUT2D eigenvalue weighted by atomic mass is 9.94. The van der Waals surface area contributed by atoms with Crippen LogP contribution in [0.2, 0.25) is 0 Å². The molecule has 4 N–H and O–H groups in total. The minimum atomic E-state index is -1.39. The van der Waals surface area contributed by atoms with Crippen LogP contribution >= 0.6 is 0 Å². The Hall–Kier alpha value is -6.66. The van der Waals surface area contributed by atoms with Crippen LogP contribution in [0.3, 0.4) is 0 Å². The molecule has 0 heterocycles. The zero-order valence-electron chi connectivity index (χ0n) is 26.0. The number of aromatic hydroxyl groups is 4. The number of phenols is 4. The maximum Gasteiger partial charge on any atom is 0.202 e. The summed E-state index contributed by atoms with van der Waals surface area (Å²) in [5, 5.41) is 50.9. The highest BCUT2D eigenvalue weighted by atomic mass is 16.3. The summed E-state index contributed by atoms with van der Waals surface area (Å²) in [4.78, 5) is 10.6. The molecule has 0 bridgehead atoms. The van der Waals surface area contributed by atoms with E-state index in [4.69, 9.17) is 9.98 Å². The molecule has 0 radical (unpaired) electrons. The van der Waals surface area contributed by atoms with E-state index in [1.54, 1.807) is 12.4 Å². The molecule has 0 aliphatic heterocycles. The zero-order chi connectivity index (χ0) is 33.3. The Kier molecular flexibility index (Phi) is 6.23. The summed E-state index contributed by atoms with van der Waals surface area (Å²) in [6, 6.07) is 42.7. The molecule has 234 valence electrons. The maximum absolute atomic E-state index is 11.2. The fraction of sp³-hybridized carbons (Fsp3) is 0.0233. The van der Waals surface area contributed by atoms with Gasteiger partial charge in [-0.1, -0.05) is 121 Å². The maximum atomic E-state index is 11.2. The van der Waals surface area contributed by atoms with Gasteiger partial charge in [0.05, 0.1) is 0 Å². The summed E-state index contributed by atoms with van der Waals surface area (Å²) in [6.07, 6.45) is 3.16. The molecule has 49 heavy (non-hydrogen) atoms. The second kappa shape index (κ2) is 10.7. The molecule has 1 aliphatic rings. The van der Waals surface area contributed by atoms with Gasteiger partial charge in [-0.05, 0) is 66.3 Å². The van der Waals surface area contributed by atoms with Crippen molar-refractivity contribution in [3.05, 3.63) is 156 Å². The highest BCUT2D eigenvalue weighted by Gasteiger charge is 2.44. The first kappa shape index (κ1) is 28.6. The Morgan fingerprint density at radius 3 is 1.20 bits per heavy atom. The number of hydrogen-bond donors (Lipinski definition) is 4. The van der Waals surface area contributed by atoms with Gasteiger partial charge in [-0.3, -0.25) is 9.98 Å². The van der Waals surface area contributed by atoms with E-state index >= 15 is 0 Å². The van der Waals surface area contributed by atoms with Gasteiger partial charge >= 0.3 is 0 Å². The van der Waals surface area contributed by atoms with Crippen molar-refractivity contribution < 1.29 is 20.4 Å². The van der Waals surface area contributed by atoms with Crippen LogP contribution in [0.5, 0.6) is 23.0 Å². The van der Waals surface area contributed by atoms with Gasteiger partial charge in [0, 0.05) is 34.7 Å². The molecule has 6 heteroatoms. The SMILES string of the molecule is Oc1cc2ccccc2c(C=NC2(N=Cc3c(O)c(O)cc4ccccc34)c3ccc4ccccc4c3-c3c2ccc2ccccc32)c1O. The molecule has 1 aliphatic carbocycles. The summed E-state index contributed by atoms with van der Waals surface area (Å²) in [5.74, 6) is -1.07. The lowest BCUT2D eigenvalue weighted by molar-refractivity contribution is 0.404. The molecule has 8 aromatic carbocycles. The van der Waals surface area contributed by atoms with Crippen LogP contribution in [0.25, 0.3) is 54.2 Å². The number of nitrogens with zero attached hydrogens (tertiary/aromatic N) is 2. The van der Waals surface area contributed by atoms with Crippen molar-refractivity contribution in [3.63, 3.8) is 0 Å². The monoisotopic (exact) mass is 636 g/mol.